The van der Waals surface area contributed by atoms with E-state index in [2.05, 4.69) is 219 Å². The van der Waals surface area contributed by atoms with E-state index < -0.39 is 5.41 Å². The number of hydrogen-bond donors (Lipinski definition) is 0. The molecule has 0 N–H and O–H groups in total. The fourth-order valence-electron chi connectivity index (χ4n) is 8.31. The van der Waals surface area contributed by atoms with Crippen molar-refractivity contribution in [3.05, 3.63) is 262 Å². The Labute approximate surface area is 307 Å². The molecule has 0 nitrogen and oxygen atoms in total. The maximum atomic E-state index is 2.42. The van der Waals surface area contributed by atoms with Crippen LogP contribution in [0.3, 0.4) is 0 Å². The van der Waals surface area contributed by atoms with Gasteiger partial charge in [0.2, 0.25) is 0 Å². The van der Waals surface area contributed by atoms with Gasteiger partial charge in [-0.1, -0.05) is 212 Å². The molecule has 0 radical (unpaired) electrons. The first-order valence-electron chi connectivity index (χ1n) is 18.1. The second-order valence-corrected chi connectivity index (χ2v) is 13.7. The molecule has 0 amide bonds. The molecule has 0 heterocycles. The molecule has 0 spiro atoms. The molecule has 8 aromatic rings. The van der Waals surface area contributed by atoms with E-state index in [1.807, 2.05) is 0 Å². The van der Waals surface area contributed by atoms with Gasteiger partial charge in [-0.3, -0.25) is 0 Å². The molecule has 0 saturated carbocycles. The predicted molar refractivity (Wildman–Crippen MR) is 218 cm³/mol. The summed E-state index contributed by atoms with van der Waals surface area (Å²) in [5, 5.41) is 0. The van der Waals surface area contributed by atoms with E-state index >= 15 is 0 Å². The molecule has 1 aliphatic rings. The first-order chi connectivity index (χ1) is 25.7. The van der Waals surface area contributed by atoms with Crippen LogP contribution >= 0.6 is 0 Å². The number of aryl methyl sites for hydroxylation is 1. The molecular formula is C52H38. The summed E-state index contributed by atoms with van der Waals surface area (Å²) in [5.41, 5.74) is 18.3. The Kier molecular flexibility index (Phi) is 8.07. The molecule has 246 valence electrons. The Bertz CT molecular complexity index is 2430. The average molecular weight is 663 g/mol. The van der Waals surface area contributed by atoms with Gasteiger partial charge in [0, 0.05) is 0 Å². The van der Waals surface area contributed by atoms with Crippen molar-refractivity contribution in [1.82, 2.24) is 0 Å². The lowest BCUT2D eigenvalue weighted by atomic mass is 9.67. The van der Waals surface area contributed by atoms with Crippen molar-refractivity contribution in [3.8, 4) is 22.3 Å². The van der Waals surface area contributed by atoms with Gasteiger partial charge in [0.25, 0.3) is 0 Å². The lowest BCUT2D eigenvalue weighted by Gasteiger charge is -2.34. The van der Waals surface area contributed by atoms with Crippen LogP contribution in [0.1, 0.15) is 50.1 Å². The van der Waals surface area contributed by atoms with Crippen LogP contribution in [-0.4, -0.2) is 0 Å². The summed E-state index contributed by atoms with van der Waals surface area (Å²) < 4.78 is 0. The maximum absolute atomic E-state index is 2.42. The minimum absolute atomic E-state index is 0.430. The summed E-state index contributed by atoms with van der Waals surface area (Å²) in [5.74, 6) is 0. The highest BCUT2D eigenvalue weighted by atomic mass is 14.5. The molecule has 0 bridgehead atoms. The summed E-state index contributed by atoms with van der Waals surface area (Å²) in [6.07, 6.45) is 0. The van der Waals surface area contributed by atoms with Crippen molar-refractivity contribution in [2.24, 2.45) is 0 Å². The largest absolute Gasteiger partial charge is 0.0713 e. The van der Waals surface area contributed by atoms with Crippen LogP contribution in [0.25, 0.3) is 33.4 Å². The van der Waals surface area contributed by atoms with Crippen molar-refractivity contribution >= 4 is 11.1 Å². The highest BCUT2D eigenvalue weighted by Gasteiger charge is 2.45. The van der Waals surface area contributed by atoms with Gasteiger partial charge in [0.1, 0.15) is 0 Å². The van der Waals surface area contributed by atoms with Gasteiger partial charge >= 0.3 is 0 Å². The standard InChI is InChI=1S/C52H38/c1-37-28-34-44(35-29-37)52(48-26-13-11-24-46(48)47-25-12-14-27-49(47)52)45-23-15-22-43(36-45)38-30-32-42(33-31-38)51(41-20-9-4-10-21-41)50(39-16-5-2-6-17-39)40-18-7-3-8-19-40/h2-36H,1H3. The molecule has 0 saturated heterocycles. The Morgan fingerprint density at radius 1 is 0.327 bits per heavy atom. The van der Waals surface area contributed by atoms with Crippen molar-refractivity contribution in [2.45, 2.75) is 12.3 Å². The van der Waals surface area contributed by atoms with Crippen molar-refractivity contribution in [3.63, 3.8) is 0 Å². The highest BCUT2D eigenvalue weighted by Crippen LogP contribution is 2.56. The molecule has 8 aromatic carbocycles. The fraction of sp³-hybridized carbons (Fsp3) is 0.0385. The Morgan fingerprint density at radius 3 is 1.27 bits per heavy atom. The minimum atomic E-state index is -0.430. The first kappa shape index (κ1) is 31.5. The zero-order chi connectivity index (χ0) is 34.9. The highest BCUT2D eigenvalue weighted by molar-refractivity contribution is 6.04. The number of fused-ring (bicyclic) bond motifs is 3. The van der Waals surface area contributed by atoms with Gasteiger partial charge in [0.15, 0.2) is 0 Å². The lowest BCUT2D eigenvalue weighted by molar-refractivity contribution is 0.768. The number of rotatable bonds is 7. The maximum Gasteiger partial charge on any atom is 0.0713 e. The van der Waals surface area contributed by atoms with Crippen molar-refractivity contribution in [1.29, 1.82) is 0 Å². The molecule has 0 atom stereocenters. The van der Waals surface area contributed by atoms with Gasteiger partial charge in [-0.05, 0) is 90.9 Å². The van der Waals surface area contributed by atoms with Crippen LogP contribution in [0.5, 0.6) is 0 Å². The van der Waals surface area contributed by atoms with E-state index in [1.165, 1.54) is 83.5 Å². The van der Waals surface area contributed by atoms with E-state index in [0.717, 1.165) is 0 Å². The molecule has 9 rings (SSSR count). The minimum Gasteiger partial charge on any atom is -0.0622 e. The zero-order valence-electron chi connectivity index (χ0n) is 29.2. The van der Waals surface area contributed by atoms with Gasteiger partial charge < -0.3 is 0 Å². The van der Waals surface area contributed by atoms with Crippen LogP contribution in [-0.2, 0) is 5.41 Å². The third-order valence-electron chi connectivity index (χ3n) is 10.7. The number of benzene rings is 8. The van der Waals surface area contributed by atoms with Crippen molar-refractivity contribution < 1.29 is 0 Å². The van der Waals surface area contributed by atoms with Crippen LogP contribution in [0.4, 0.5) is 0 Å². The second-order valence-electron chi connectivity index (χ2n) is 13.7. The monoisotopic (exact) mass is 662 g/mol. The molecule has 1 aliphatic carbocycles. The topological polar surface area (TPSA) is 0 Å². The predicted octanol–water partition coefficient (Wildman–Crippen LogP) is 13.0. The lowest BCUT2D eigenvalue weighted by Crippen LogP contribution is -2.28. The second kappa shape index (κ2) is 13.3. The van der Waals surface area contributed by atoms with E-state index in [-0.39, 0.29) is 0 Å². The van der Waals surface area contributed by atoms with Gasteiger partial charge in [0.05, 0.1) is 5.41 Å². The van der Waals surface area contributed by atoms with Crippen LogP contribution in [0.15, 0.2) is 212 Å². The molecule has 0 aromatic heterocycles. The smallest absolute Gasteiger partial charge is 0.0622 e. The summed E-state index contributed by atoms with van der Waals surface area (Å²) >= 11 is 0. The Morgan fingerprint density at radius 2 is 0.769 bits per heavy atom. The third kappa shape index (κ3) is 5.32. The van der Waals surface area contributed by atoms with E-state index in [9.17, 15) is 0 Å². The molecule has 0 heteroatoms. The van der Waals surface area contributed by atoms with Crippen molar-refractivity contribution in [2.75, 3.05) is 0 Å². The molecule has 0 aliphatic heterocycles. The molecule has 0 fully saturated rings. The van der Waals surface area contributed by atoms with E-state index in [1.54, 1.807) is 0 Å². The quantitative estimate of drug-likeness (QED) is 0.149. The summed E-state index contributed by atoms with van der Waals surface area (Å²) in [6, 6.07) is 77.8. The first-order valence-corrected chi connectivity index (χ1v) is 18.1. The fourth-order valence-corrected chi connectivity index (χ4v) is 8.31. The van der Waals surface area contributed by atoms with E-state index in [4.69, 9.17) is 0 Å². The van der Waals surface area contributed by atoms with Crippen LogP contribution < -0.4 is 0 Å². The SMILES string of the molecule is Cc1ccc(C2(c3cccc(-c4ccc(C(=C(c5ccccc5)c5ccccc5)c5ccccc5)cc4)c3)c3ccccc3-c3ccccc32)cc1. The van der Waals surface area contributed by atoms with E-state index in [0.29, 0.717) is 0 Å². The third-order valence-corrected chi connectivity index (χ3v) is 10.7. The normalized spacial score (nSPS) is 12.5. The molecule has 52 heavy (non-hydrogen) atoms. The zero-order valence-corrected chi connectivity index (χ0v) is 29.2. The van der Waals surface area contributed by atoms with Gasteiger partial charge in [-0.2, -0.15) is 0 Å². The van der Waals surface area contributed by atoms with Gasteiger partial charge in [-0.25, -0.2) is 0 Å². The summed E-state index contributed by atoms with van der Waals surface area (Å²) in [6.45, 7) is 2.17. The summed E-state index contributed by atoms with van der Waals surface area (Å²) in [7, 11) is 0. The Balaban J connectivity index is 1.21. The van der Waals surface area contributed by atoms with Gasteiger partial charge in [-0.15, -0.1) is 0 Å². The molecular weight excluding hydrogens is 625 g/mol. The number of hydrogen-bond acceptors (Lipinski definition) is 0. The van der Waals surface area contributed by atoms with Crippen LogP contribution in [0.2, 0.25) is 0 Å². The Hall–Kier alpha value is -6.50. The van der Waals surface area contributed by atoms with Crippen LogP contribution in [0, 0.1) is 6.92 Å². The molecule has 0 unspecified atom stereocenters. The summed E-state index contributed by atoms with van der Waals surface area (Å²) in [4.78, 5) is 0. The average Bonchev–Trinajstić information content (AvgIpc) is 3.52.